The maximum atomic E-state index is 14.3. The number of hydrogen-bond donors (Lipinski definition) is 2. The first kappa shape index (κ1) is 11.9. The number of halogens is 1. The minimum atomic E-state index is -2.30. The monoisotopic (exact) mass is 238 g/mol. The number of aromatic hydroxyl groups is 1. The van der Waals surface area contributed by atoms with Crippen LogP contribution in [0.15, 0.2) is 24.3 Å². The smallest absolute Gasteiger partial charge is 0.341 e. The molecular weight excluding hydrogens is 223 g/mol. The number of rotatable bonds is 4. The third-order valence-corrected chi connectivity index (χ3v) is 3.32. The lowest BCUT2D eigenvalue weighted by Crippen LogP contribution is -2.38. The molecule has 0 saturated heterocycles. The second-order valence-electron chi connectivity index (χ2n) is 4.79. The van der Waals surface area contributed by atoms with Crippen molar-refractivity contribution in [2.75, 3.05) is 0 Å². The third-order valence-electron chi connectivity index (χ3n) is 3.32. The van der Waals surface area contributed by atoms with Gasteiger partial charge in [-0.15, -0.1) is 0 Å². The molecule has 3 nitrogen and oxygen atoms in total. The number of aliphatic carboxylic acids is 1. The summed E-state index contributed by atoms with van der Waals surface area (Å²) in [6.07, 6.45) is 1.68. The van der Waals surface area contributed by atoms with Gasteiger partial charge in [0.25, 0.3) is 0 Å². The molecule has 0 heterocycles. The largest absolute Gasteiger partial charge is 0.508 e. The van der Waals surface area contributed by atoms with Crippen LogP contribution in [0.25, 0.3) is 0 Å². The lowest BCUT2D eigenvalue weighted by molar-refractivity contribution is -0.151. The summed E-state index contributed by atoms with van der Waals surface area (Å²) in [6.45, 7) is 1.10. The SMILES string of the molecule is C[C@](F)(C(=O)O)[C@H](c1cccc(O)c1)C1CC1. The van der Waals surface area contributed by atoms with Gasteiger partial charge in [0, 0.05) is 5.92 Å². The average molecular weight is 238 g/mol. The second-order valence-corrected chi connectivity index (χ2v) is 4.79. The predicted octanol–water partition coefficient (Wildman–Crippen LogP) is 2.70. The second kappa shape index (κ2) is 4.02. The Morgan fingerprint density at radius 2 is 2.18 bits per heavy atom. The Hall–Kier alpha value is -1.58. The van der Waals surface area contributed by atoms with Crippen LogP contribution in [0.3, 0.4) is 0 Å². The molecule has 0 amide bonds. The quantitative estimate of drug-likeness (QED) is 0.847. The molecular formula is C13H15FO3. The molecule has 2 rings (SSSR count). The Bertz CT molecular complexity index is 438. The summed E-state index contributed by atoms with van der Waals surface area (Å²) in [4.78, 5) is 11.0. The lowest BCUT2D eigenvalue weighted by Gasteiger charge is -2.27. The van der Waals surface area contributed by atoms with Crippen molar-refractivity contribution in [2.24, 2.45) is 5.92 Å². The van der Waals surface area contributed by atoms with E-state index in [2.05, 4.69) is 0 Å². The summed E-state index contributed by atoms with van der Waals surface area (Å²) in [5.74, 6) is -2.04. The van der Waals surface area contributed by atoms with E-state index in [1.54, 1.807) is 12.1 Å². The summed E-state index contributed by atoms with van der Waals surface area (Å²) in [6, 6.07) is 6.22. The van der Waals surface area contributed by atoms with Gasteiger partial charge in [0.2, 0.25) is 5.67 Å². The van der Waals surface area contributed by atoms with Gasteiger partial charge in [-0.05, 0) is 43.4 Å². The Morgan fingerprint density at radius 3 is 2.65 bits per heavy atom. The molecule has 4 heteroatoms. The van der Waals surface area contributed by atoms with E-state index in [1.807, 2.05) is 0 Å². The molecule has 0 aliphatic heterocycles. The Balaban J connectivity index is 2.39. The van der Waals surface area contributed by atoms with Gasteiger partial charge < -0.3 is 10.2 Å². The summed E-state index contributed by atoms with van der Waals surface area (Å²) in [5, 5.41) is 18.4. The fourth-order valence-corrected chi connectivity index (χ4v) is 2.31. The number of phenols is 1. The minimum absolute atomic E-state index is 0.0364. The first-order valence-electron chi connectivity index (χ1n) is 5.64. The van der Waals surface area contributed by atoms with E-state index in [4.69, 9.17) is 5.11 Å². The highest BCUT2D eigenvalue weighted by atomic mass is 19.1. The number of phenolic OH excluding ortho intramolecular Hbond substituents is 1. The summed E-state index contributed by atoms with van der Waals surface area (Å²) in [5.41, 5.74) is -1.74. The minimum Gasteiger partial charge on any atom is -0.508 e. The van der Waals surface area contributed by atoms with Gasteiger partial charge >= 0.3 is 5.97 Å². The predicted molar refractivity (Wildman–Crippen MR) is 60.7 cm³/mol. The van der Waals surface area contributed by atoms with Crippen molar-refractivity contribution in [3.05, 3.63) is 29.8 Å². The first-order valence-corrected chi connectivity index (χ1v) is 5.64. The number of benzene rings is 1. The molecule has 1 saturated carbocycles. The normalized spacial score (nSPS) is 20.6. The molecule has 0 unspecified atom stereocenters. The zero-order chi connectivity index (χ0) is 12.6. The van der Waals surface area contributed by atoms with Crippen molar-refractivity contribution in [1.29, 1.82) is 0 Å². The van der Waals surface area contributed by atoms with Gasteiger partial charge in [-0.25, -0.2) is 9.18 Å². The van der Waals surface area contributed by atoms with E-state index < -0.39 is 17.6 Å². The molecule has 1 aromatic rings. The molecule has 0 aromatic heterocycles. The number of alkyl halides is 1. The number of carboxylic acid groups (broad SMARTS) is 1. The standard InChI is InChI=1S/C13H15FO3/c1-13(14,12(16)17)11(8-5-6-8)9-3-2-4-10(15)7-9/h2-4,7-8,11,15H,5-6H2,1H3,(H,16,17)/t11-,13+/m0/s1. The number of carbonyl (C=O) groups is 1. The van der Waals surface area contributed by atoms with Crippen LogP contribution < -0.4 is 0 Å². The van der Waals surface area contributed by atoms with Crippen molar-refractivity contribution in [1.82, 2.24) is 0 Å². The molecule has 92 valence electrons. The molecule has 1 aromatic carbocycles. The van der Waals surface area contributed by atoms with Crippen LogP contribution in [0.1, 0.15) is 31.2 Å². The van der Waals surface area contributed by atoms with Crippen LogP contribution >= 0.6 is 0 Å². The van der Waals surface area contributed by atoms with Crippen LogP contribution in [0, 0.1) is 5.92 Å². The molecule has 0 radical (unpaired) electrons. The van der Waals surface area contributed by atoms with Gasteiger partial charge in [0.1, 0.15) is 5.75 Å². The Morgan fingerprint density at radius 1 is 1.53 bits per heavy atom. The van der Waals surface area contributed by atoms with Gasteiger partial charge in [-0.1, -0.05) is 12.1 Å². The molecule has 2 N–H and O–H groups in total. The van der Waals surface area contributed by atoms with Crippen molar-refractivity contribution in [2.45, 2.75) is 31.4 Å². The Labute approximate surface area is 98.9 Å². The van der Waals surface area contributed by atoms with E-state index >= 15 is 0 Å². The van der Waals surface area contributed by atoms with Crippen molar-refractivity contribution in [3.8, 4) is 5.75 Å². The van der Waals surface area contributed by atoms with E-state index in [0.717, 1.165) is 19.8 Å². The van der Waals surface area contributed by atoms with Crippen LogP contribution in [0.2, 0.25) is 0 Å². The number of carboxylic acids is 1. The topological polar surface area (TPSA) is 57.5 Å². The zero-order valence-electron chi connectivity index (χ0n) is 9.56. The fraction of sp³-hybridized carbons (Fsp3) is 0.462. The molecule has 1 fully saturated rings. The molecule has 17 heavy (non-hydrogen) atoms. The van der Waals surface area contributed by atoms with Crippen molar-refractivity contribution in [3.63, 3.8) is 0 Å². The van der Waals surface area contributed by atoms with Gasteiger partial charge in [-0.3, -0.25) is 0 Å². The van der Waals surface area contributed by atoms with E-state index in [-0.39, 0.29) is 11.7 Å². The van der Waals surface area contributed by atoms with Gasteiger partial charge in [0.05, 0.1) is 0 Å². The van der Waals surface area contributed by atoms with Gasteiger partial charge in [0.15, 0.2) is 0 Å². The summed E-state index contributed by atoms with van der Waals surface area (Å²) < 4.78 is 14.3. The average Bonchev–Trinajstić information content (AvgIpc) is 3.01. The van der Waals surface area contributed by atoms with E-state index in [9.17, 15) is 14.3 Å². The highest BCUT2D eigenvalue weighted by Gasteiger charge is 2.50. The lowest BCUT2D eigenvalue weighted by atomic mass is 9.81. The zero-order valence-corrected chi connectivity index (χ0v) is 9.56. The third kappa shape index (κ3) is 2.25. The summed E-state index contributed by atoms with van der Waals surface area (Å²) >= 11 is 0. The molecule has 1 aliphatic carbocycles. The highest BCUT2D eigenvalue weighted by Crippen LogP contribution is 2.50. The Kier molecular flexibility index (Phi) is 2.81. The maximum Gasteiger partial charge on any atom is 0.341 e. The molecule has 2 atom stereocenters. The van der Waals surface area contributed by atoms with Crippen LogP contribution in [0.5, 0.6) is 5.75 Å². The first-order chi connectivity index (χ1) is 7.93. The van der Waals surface area contributed by atoms with Crippen molar-refractivity contribution < 1.29 is 19.4 Å². The highest BCUT2D eigenvalue weighted by molar-refractivity contribution is 5.78. The van der Waals surface area contributed by atoms with Crippen molar-refractivity contribution >= 4 is 5.97 Å². The summed E-state index contributed by atoms with van der Waals surface area (Å²) in [7, 11) is 0. The van der Waals surface area contributed by atoms with Crippen LogP contribution in [-0.4, -0.2) is 21.9 Å². The van der Waals surface area contributed by atoms with Crippen LogP contribution in [0.4, 0.5) is 4.39 Å². The number of hydrogen-bond acceptors (Lipinski definition) is 2. The van der Waals surface area contributed by atoms with Crippen LogP contribution in [-0.2, 0) is 4.79 Å². The molecule has 1 aliphatic rings. The van der Waals surface area contributed by atoms with Gasteiger partial charge in [-0.2, -0.15) is 0 Å². The maximum absolute atomic E-state index is 14.3. The van der Waals surface area contributed by atoms with E-state index in [1.165, 1.54) is 12.1 Å². The molecule has 0 bridgehead atoms. The molecule has 0 spiro atoms. The fourth-order valence-electron chi connectivity index (χ4n) is 2.31. The van der Waals surface area contributed by atoms with E-state index in [0.29, 0.717) is 5.56 Å².